The second kappa shape index (κ2) is 7.20. The molecule has 0 aliphatic heterocycles. The summed E-state index contributed by atoms with van der Waals surface area (Å²) in [6, 6.07) is 10.6. The second-order valence-electron chi connectivity index (χ2n) is 6.78. The molecular formula is C17H29NOSi. The fraction of sp³-hybridized carbons (Fsp3) is 0.529. The van der Waals surface area contributed by atoms with E-state index >= 15 is 0 Å². The Morgan fingerprint density at radius 3 is 2.35 bits per heavy atom. The largest absolute Gasteiger partial charge is 0.415 e. The van der Waals surface area contributed by atoms with Crippen LogP contribution in [0.4, 0.5) is 0 Å². The maximum Gasteiger partial charge on any atom is 0.192 e. The molecule has 1 rings (SSSR count). The lowest BCUT2D eigenvalue weighted by atomic mass is 10.2. The molecule has 0 unspecified atom stereocenters. The quantitative estimate of drug-likeness (QED) is 0.595. The maximum absolute atomic E-state index is 6.24. The number of nitrogens with one attached hydrogen (secondary N) is 1. The van der Waals surface area contributed by atoms with E-state index in [1.165, 1.54) is 5.56 Å². The SMILES string of the molecule is C=C[C@@H](CO[Si](C)(C)C(C)(C)C)NCc1ccccc1. The van der Waals surface area contributed by atoms with Crippen molar-refractivity contribution in [3.63, 3.8) is 0 Å². The first kappa shape index (κ1) is 17.1. The molecule has 1 N–H and O–H groups in total. The molecule has 1 aromatic rings. The van der Waals surface area contributed by atoms with Crippen molar-refractivity contribution in [3.05, 3.63) is 48.6 Å². The van der Waals surface area contributed by atoms with Crippen molar-refractivity contribution in [1.29, 1.82) is 0 Å². The molecule has 0 saturated heterocycles. The maximum atomic E-state index is 6.24. The monoisotopic (exact) mass is 291 g/mol. The molecule has 1 aromatic carbocycles. The normalized spacial score (nSPS) is 14.1. The van der Waals surface area contributed by atoms with Crippen LogP contribution in [-0.4, -0.2) is 21.0 Å². The third-order valence-electron chi connectivity index (χ3n) is 4.13. The van der Waals surface area contributed by atoms with E-state index in [4.69, 9.17) is 4.43 Å². The first-order chi connectivity index (χ1) is 9.26. The van der Waals surface area contributed by atoms with Crippen molar-refractivity contribution < 1.29 is 4.43 Å². The van der Waals surface area contributed by atoms with Gasteiger partial charge in [-0.25, -0.2) is 0 Å². The molecule has 0 aliphatic carbocycles. The van der Waals surface area contributed by atoms with E-state index in [-0.39, 0.29) is 11.1 Å². The highest BCUT2D eigenvalue weighted by Crippen LogP contribution is 2.36. The highest BCUT2D eigenvalue weighted by molar-refractivity contribution is 6.74. The van der Waals surface area contributed by atoms with Gasteiger partial charge in [0, 0.05) is 12.6 Å². The Labute approximate surface area is 125 Å². The van der Waals surface area contributed by atoms with Gasteiger partial charge >= 0.3 is 0 Å². The van der Waals surface area contributed by atoms with Crippen molar-refractivity contribution in [2.75, 3.05) is 6.61 Å². The van der Waals surface area contributed by atoms with Crippen LogP contribution in [0, 0.1) is 0 Å². The smallest absolute Gasteiger partial charge is 0.192 e. The topological polar surface area (TPSA) is 21.3 Å². The van der Waals surface area contributed by atoms with Gasteiger partial charge < -0.3 is 9.74 Å². The lowest BCUT2D eigenvalue weighted by Gasteiger charge is -2.37. The Morgan fingerprint density at radius 2 is 1.85 bits per heavy atom. The summed E-state index contributed by atoms with van der Waals surface area (Å²) >= 11 is 0. The van der Waals surface area contributed by atoms with Crippen LogP contribution < -0.4 is 5.32 Å². The summed E-state index contributed by atoms with van der Waals surface area (Å²) in [5.41, 5.74) is 1.28. The van der Waals surface area contributed by atoms with E-state index in [1.54, 1.807) is 0 Å². The summed E-state index contributed by atoms with van der Waals surface area (Å²) in [7, 11) is -1.68. The van der Waals surface area contributed by atoms with Gasteiger partial charge in [-0.1, -0.05) is 57.2 Å². The average molecular weight is 292 g/mol. The summed E-state index contributed by atoms with van der Waals surface area (Å²) in [6.07, 6.45) is 1.94. The molecule has 0 radical (unpaired) electrons. The van der Waals surface area contributed by atoms with Crippen molar-refractivity contribution in [3.8, 4) is 0 Å². The molecular weight excluding hydrogens is 262 g/mol. The van der Waals surface area contributed by atoms with Gasteiger partial charge in [0.1, 0.15) is 0 Å². The van der Waals surface area contributed by atoms with Crippen molar-refractivity contribution in [1.82, 2.24) is 5.32 Å². The summed E-state index contributed by atoms with van der Waals surface area (Å²) in [5, 5.41) is 3.74. The minimum Gasteiger partial charge on any atom is -0.415 e. The molecule has 0 aliphatic rings. The first-order valence-electron chi connectivity index (χ1n) is 7.30. The molecule has 1 atom stereocenters. The van der Waals surface area contributed by atoms with Crippen molar-refractivity contribution in [2.45, 2.75) is 51.5 Å². The first-order valence-corrected chi connectivity index (χ1v) is 10.2. The highest BCUT2D eigenvalue weighted by Gasteiger charge is 2.37. The predicted octanol–water partition coefficient (Wildman–Crippen LogP) is 4.35. The van der Waals surface area contributed by atoms with Gasteiger partial charge in [0.05, 0.1) is 6.61 Å². The molecule has 0 fully saturated rings. The number of hydrogen-bond acceptors (Lipinski definition) is 2. The number of benzene rings is 1. The molecule has 2 nitrogen and oxygen atoms in total. The van der Waals surface area contributed by atoms with Crippen LogP contribution in [0.1, 0.15) is 26.3 Å². The minimum absolute atomic E-state index is 0.198. The molecule has 112 valence electrons. The van der Waals surface area contributed by atoms with Crippen LogP contribution in [0.15, 0.2) is 43.0 Å². The van der Waals surface area contributed by atoms with E-state index in [9.17, 15) is 0 Å². The Balaban J connectivity index is 2.46. The highest BCUT2D eigenvalue weighted by atomic mass is 28.4. The summed E-state index contributed by atoms with van der Waals surface area (Å²) in [6.45, 7) is 16.8. The zero-order valence-corrected chi connectivity index (χ0v) is 14.6. The van der Waals surface area contributed by atoms with E-state index in [0.717, 1.165) is 6.54 Å². The standard InChI is InChI=1S/C17H29NOSi/c1-7-16(14-19-20(5,6)17(2,3)4)18-13-15-11-9-8-10-12-15/h7-12,16,18H,1,13-14H2,2-6H3/t16-/m0/s1. The Morgan fingerprint density at radius 1 is 1.25 bits per heavy atom. The second-order valence-corrected chi connectivity index (χ2v) is 11.6. The van der Waals surface area contributed by atoms with Crippen LogP contribution in [-0.2, 0) is 11.0 Å². The van der Waals surface area contributed by atoms with Gasteiger partial charge in [-0.15, -0.1) is 6.58 Å². The molecule has 0 aromatic heterocycles. The molecule has 0 bridgehead atoms. The molecule has 0 amide bonds. The number of hydrogen-bond donors (Lipinski definition) is 1. The molecule has 0 heterocycles. The third kappa shape index (κ3) is 5.23. The van der Waals surface area contributed by atoms with Gasteiger partial charge in [-0.05, 0) is 23.7 Å². The Hall–Kier alpha value is -0.903. The zero-order chi connectivity index (χ0) is 15.2. The molecule has 3 heteroatoms. The van der Waals surface area contributed by atoms with Gasteiger partial charge in [-0.2, -0.15) is 0 Å². The van der Waals surface area contributed by atoms with E-state index < -0.39 is 8.32 Å². The third-order valence-corrected chi connectivity index (χ3v) is 8.63. The van der Waals surface area contributed by atoms with Crippen molar-refractivity contribution in [2.24, 2.45) is 0 Å². The lowest BCUT2D eigenvalue weighted by Crippen LogP contribution is -2.44. The van der Waals surface area contributed by atoms with Crippen LogP contribution in [0.2, 0.25) is 18.1 Å². The van der Waals surface area contributed by atoms with E-state index in [0.29, 0.717) is 6.61 Å². The molecule has 20 heavy (non-hydrogen) atoms. The average Bonchev–Trinajstić information content (AvgIpc) is 2.39. The fourth-order valence-electron chi connectivity index (χ4n) is 1.57. The summed E-state index contributed by atoms with van der Waals surface area (Å²) < 4.78 is 6.24. The van der Waals surface area contributed by atoms with Crippen LogP contribution in [0.5, 0.6) is 0 Å². The van der Waals surface area contributed by atoms with Gasteiger partial charge in [0.15, 0.2) is 8.32 Å². The van der Waals surface area contributed by atoms with Crippen LogP contribution in [0.3, 0.4) is 0 Å². The zero-order valence-electron chi connectivity index (χ0n) is 13.6. The summed E-state index contributed by atoms with van der Waals surface area (Å²) in [4.78, 5) is 0. The van der Waals surface area contributed by atoms with Crippen molar-refractivity contribution >= 4 is 8.32 Å². The van der Waals surface area contributed by atoms with Gasteiger partial charge in [-0.3, -0.25) is 0 Å². The Bertz CT molecular complexity index is 409. The molecule has 0 spiro atoms. The van der Waals surface area contributed by atoms with Gasteiger partial charge in [0.2, 0.25) is 0 Å². The predicted molar refractivity (Wildman–Crippen MR) is 90.4 cm³/mol. The van der Waals surface area contributed by atoms with E-state index in [2.05, 4.69) is 70.0 Å². The fourth-order valence-corrected chi connectivity index (χ4v) is 2.60. The molecule has 0 saturated carbocycles. The Kier molecular flexibility index (Phi) is 6.18. The lowest BCUT2D eigenvalue weighted by molar-refractivity contribution is 0.261. The number of rotatable bonds is 7. The van der Waals surface area contributed by atoms with Crippen LogP contribution >= 0.6 is 0 Å². The minimum atomic E-state index is -1.68. The van der Waals surface area contributed by atoms with Gasteiger partial charge in [0.25, 0.3) is 0 Å². The summed E-state index contributed by atoms with van der Waals surface area (Å²) in [5.74, 6) is 0. The van der Waals surface area contributed by atoms with Crippen LogP contribution in [0.25, 0.3) is 0 Å². The van der Waals surface area contributed by atoms with E-state index in [1.807, 2.05) is 12.1 Å².